The maximum absolute atomic E-state index is 10.4. The molecule has 3 nitrogen and oxygen atoms in total. The monoisotopic (exact) mass is 349 g/mol. The molecule has 3 N–H and O–H groups in total. The lowest BCUT2D eigenvalue weighted by atomic mass is 9.96. The standard InChI is InChI=1S/C17H20BrNO2/c1-2-21-16-9-8-13(18)11-14(16)17(19)15(20)10-12-6-4-3-5-7-12/h3-9,11,15,17,20H,2,10,19H2,1H3/t15-,17+/m0/s1. The first kappa shape index (κ1) is 16.0. The average Bonchev–Trinajstić information content (AvgIpc) is 2.49. The number of rotatable bonds is 6. The third kappa shape index (κ3) is 4.30. The summed E-state index contributed by atoms with van der Waals surface area (Å²) in [6.07, 6.45) is -0.152. The van der Waals surface area contributed by atoms with Crippen LogP contribution >= 0.6 is 15.9 Å². The van der Waals surface area contributed by atoms with E-state index in [1.165, 1.54) is 0 Å². The molecule has 0 radical (unpaired) electrons. The minimum absolute atomic E-state index is 0.496. The molecular formula is C17H20BrNO2. The summed E-state index contributed by atoms with van der Waals surface area (Å²) in [4.78, 5) is 0. The average molecular weight is 350 g/mol. The Kier molecular flexibility index (Phi) is 5.79. The van der Waals surface area contributed by atoms with Crippen LogP contribution in [-0.4, -0.2) is 17.8 Å². The van der Waals surface area contributed by atoms with E-state index in [1.807, 2.05) is 55.5 Å². The van der Waals surface area contributed by atoms with Gasteiger partial charge in [0, 0.05) is 16.5 Å². The Morgan fingerprint density at radius 1 is 1.19 bits per heavy atom. The van der Waals surface area contributed by atoms with E-state index in [2.05, 4.69) is 15.9 Å². The van der Waals surface area contributed by atoms with Crippen LogP contribution in [0, 0.1) is 0 Å². The van der Waals surface area contributed by atoms with E-state index in [1.54, 1.807) is 0 Å². The van der Waals surface area contributed by atoms with E-state index in [-0.39, 0.29) is 0 Å². The van der Waals surface area contributed by atoms with Gasteiger partial charge in [-0.2, -0.15) is 0 Å². The Morgan fingerprint density at radius 3 is 2.57 bits per heavy atom. The first-order chi connectivity index (χ1) is 10.1. The molecule has 21 heavy (non-hydrogen) atoms. The van der Waals surface area contributed by atoms with Gasteiger partial charge in [-0.3, -0.25) is 0 Å². The highest BCUT2D eigenvalue weighted by atomic mass is 79.9. The van der Waals surface area contributed by atoms with Crippen molar-refractivity contribution >= 4 is 15.9 Å². The molecule has 2 aromatic carbocycles. The fraction of sp³-hybridized carbons (Fsp3) is 0.294. The summed E-state index contributed by atoms with van der Waals surface area (Å²) in [5.74, 6) is 0.723. The quantitative estimate of drug-likeness (QED) is 0.839. The minimum Gasteiger partial charge on any atom is -0.494 e. The Hall–Kier alpha value is -1.36. The van der Waals surface area contributed by atoms with Crippen molar-refractivity contribution in [2.24, 2.45) is 5.73 Å². The summed E-state index contributed by atoms with van der Waals surface area (Å²) in [6.45, 7) is 2.49. The fourth-order valence-corrected chi connectivity index (χ4v) is 2.64. The highest BCUT2D eigenvalue weighted by Crippen LogP contribution is 2.30. The summed E-state index contributed by atoms with van der Waals surface area (Å²) in [6, 6.07) is 15.0. The zero-order valence-electron chi connectivity index (χ0n) is 12.0. The number of halogens is 1. The zero-order valence-corrected chi connectivity index (χ0v) is 13.6. The molecular weight excluding hydrogens is 330 g/mol. The lowest BCUT2D eigenvalue weighted by Crippen LogP contribution is -2.28. The molecule has 0 aliphatic carbocycles. The van der Waals surface area contributed by atoms with Crippen LogP contribution in [0.4, 0.5) is 0 Å². The van der Waals surface area contributed by atoms with Crippen LogP contribution in [0.5, 0.6) is 5.75 Å². The van der Waals surface area contributed by atoms with Crippen molar-refractivity contribution < 1.29 is 9.84 Å². The van der Waals surface area contributed by atoms with Gasteiger partial charge in [-0.1, -0.05) is 46.3 Å². The fourth-order valence-electron chi connectivity index (χ4n) is 2.26. The van der Waals surface area contributed by atoms with Crippen molar-refractivity contribution in [2.45, 2.75) is 25.5 Å². The Morgan fingerprint density at radius 2 is 1.90 bits per heavy atom. The minimum atomic E-state index is -0.666. The van der Waals surface area contributed by atoms with Crippen LogP contribution in [0.2, 0.25) is 0 Å². The summed E-state index contributed by atoms with van der Waals surface area (Å²) in [5.41, 5.74) is 8.11. The second-order valence-corrected chi connectivity index (χ2v) is 5.81. The molecule has 2 rings (SSSR count). The van der Waals surface area contributed by atoms with Crippen molar-refractivity contribution in [3.8, 4) is 5.75 Å². The van der Waals surface area contributed by atoms with E-state index in [4.69, 9.17) is 10.5 Å². The number of ether oxygens (including phenoxy) is 1. The molecule has 112 valence electrons. The number of hydrogen-bond donors (Lipinski definition) is 2. The molecule has 0 amide bonds. The normalized spacial score (nSPS) is 13.7. The smallest absolute Gasteiger partial charge is 0.124 e. The molecule has 0 aliphatic rings. The number of benzene rings is 2. The van der Waals surface area contributed by atoms with E-state index >= 15 is 0 Å². The Labute approximate surface area is 133 Å². The van der Waals surface area contributed by atoms with E-state index in [0.717, 1.165) is 21.3 Å². The molecule has 0 unspecified atom stereocenters. The van der Waals surface area contributed by atoms with Gasteiger partial charge in [-0.05, 0) is 30.7 Å². The predicted octanol–water partition coefficient (Wildman–Crippen LogP) is 3.45. The van der Waals surface area contributed by atoms with Crippen LogP contribution in [0.1, 0.15) is 24.1 Å². The van der Waals surface area contributed by atoms with E-state index < -0.39 is 12.1 Å². The van der Waals surface area contributed by atoms with Crippen molar-refractivity contribution in [1.29, 1.82) is 0 Å². The molecule has 0 spiro atoms. The molecule has 0 saturated carbocycles. The van der Waals surface area contributed by atoms with Gasteiger partial charge in [0.05, 0.1) is 18.8 Å². The highest BCUT2D eigenvalue weighted by molar-refractivity contribution is 9.10. The second-order valence-electron chi connectivity index (χ2n) is 4.90. The van der Waals surface area contributed by atoms with Gasteiger partial charge in [0.25, 0.3) is 0 Å². The van der Waals surface area contributed by atoms with Gasteiger partial charge >= 0.3 is 0 Å². The van der Waals surface area contributed by atoms with Gasteiger partial charge in [-0.15, -0.1) is 0 Å². The molecule has 0 aromatic heterocycles. The van der Waals surface area contributed by atoms with Crippen LogP contribution in [0.25, 0.3) is 0 Å². The zero-order chi connectivity index (χ0) is 15.2. The topological polar surface area (TPSA) is 55.5 Å². The predicted molar refractivity (Wildman–Crippen MR) is 88.4 cm³/mol. The first-order valence-corrected chi connectivity index (χ1v) is 7.81. The maximum atomic E-state index is 10.4. The molecule has 4 heteroatoms. The van der Waals surface area contributed by atoms with Crippen molar-refractivity contribution in [1.82, 2.24) is 0 Å². The van der Waals surface area contributed by atoms with Gasteiger partial charge < -0.3 is 15.6 Å². The van der Waals surface area contributed by atoms with Crippen molar-refractivity contribution in [3.63, 3.8) is 0 Å². The van der Waals surface area contributed by atoms with Crippen LogP contribution in [0.3, 0.4) is 0 Å². The van der Waals surface area contributed by atoms with Gasteiger partial charge in [0.1, 0.15) is 5.75 Å². The largest absolute Gasteiger partial charge is 0.494 e. The molecule has 0 heterocycles. The summed E-state index contributed by atoms with van der Waals surface area (Å²) in [7, 11) is 0. The summed E-state index contributed by atoms with van der Waals surface area (Å²) < 4.78 is 6.52. The number of aliphatic hydroxyl groups is 1. The molecule has 0 saturated heterocycles. The van der Waals surface area contributed by atoms with Crippen molar-refractivity contribution in [3.05, 3.63) is 64.1 Å². The van der Waals surface area contributed by atoms with Crippen LogP contribution in [0.15, 0.2) is 53.0 Å². The van der Waals surface area contributed by atoms with E-state index in [9.17, 15) is 5.11 Å². The summed E-state index contributed by atoms with van der Waals surface area (Å²) >= 11 is 3.44. The molecule has 0 aliphatic heterocycles. The SMILES string of the molecule is CCOc1ccc(Br)cc1[C@@H](N)[C@@H](O)Cc1ccccc1. The third-order valence-corrected chi connectivity index (χ3v) is 3.83. The van der Waals surface area contributed by atoms with Crippen LogP contribution < -0.4 is 10.5 Å². The van der Waals surface area contributed by atoms with E-state index in [0.29, 0.717) is 13.0 Å². The van der Waals surface area contributed by atoms with Crippen LogP contribution in [-0.2, 0) is 6.42 Å². The van der Waals surface area contributed by atoms with Crippen molar-refractivity contribution in [2.75, 3.05) is 6.61 Å². The molecule has 2 aromatic rings. The number of aliphatic hydroxyl groups excluding tert-OH is 1. The molecule has 2 atom stereocenters. The number of nitrogens with two attached hydrogens (primary N) is 1. The Bertz CT molecular complexity index is 574. The second kappa shape index (κ2) is 7.59. The highest BCUT2D eigenvalue weighted by Gasteiger charge is 2.21. The van der Waals surface area contributed by atoms with Gasteiger partial charge in [0.2, 0.25) is 0 Å². The number of hydrogen-bond acceptors (Lipinski definition) is 3. The summed E-state index contributed by atoms with van der Waals surface area (Å²) in [5, 5.41) is 10.4. The third-order valence-electron chi connectivity index (χ3n) is 3.33. The molecule has 0 bridgehead atoms. The molecule has 0 fully saturated rings. The van der Waals surface area contributed by atoms with Gasteiger partial charge in [-0.25, -0.2) is 0 Å². The lowest BCUT2D eigenvalue weighted by Gasteiger charge is -2.22. The maximum Gasteiger partial charge on any atom is 0.124 e. The Balaban J connectivity index is 2.18. The first-order valence-electron chi connectivity index (χ1n) is 7.01. The van der Waals surface area contributed by atoms with Gasteiger partial charge in [0.15, 0.2) is 0 Å². The lowest BCUT2D eigenvalue weighted by molar-refractivity contribution is 0.143.